The van der Waals surface area contributed by atoms with E-state index in [2.05, 4.69) is 10.6 Å². The van der Waals surface area contributed by atoms with E-state index in [-0.39, 0.29) is 11.5 Å². The average Bonchev–Trinajstić information content (AvgIpc) is 2.64. The van der Waals surface area contributed by atoms with Gasteiger partial charge in [0.05, 0.1) is 5.56 Å². The molecule has 3 aromatic rings. The lowest BCUT2D eigenvalue weighted by atomic mass is 10.2. The fourth-order valence-electron chi connectivity index (χ4n) is 2.30. The first-order valence-electron chi connectivity index (χ1n) is 7.76. The molecule has 0 aliphatic rings. The van der Waals surface area contributed by atoms with Gasteiger partial charge < -0.3 is 10.6 Å². The first-order valence-corrected chi connectivity index (χ1v) is 7.76. The maximum atomic E-state index is 13.6. The molecule has 0 bridgehead atoms. The van der Waals surface area contributed by atoms with Gasteiger partial charge >= 0.3 is 0 Å². The number of carbonyl (C=O) groups excluding carboxylic acids is 2. The summed E-state index contributed by atoms with van der Waals surface area (Å²) in [7, 11) is 0. The molecule has 0 radical (unpaired) electrons. The molecule has 4 nitrogen and oxygen atoms in total. The minimum absolute atomic E-state index is 0.254. The van der Waals surface area contributed by atoms with Gasteiger partial charge in [0, 0.05) is 23.0 Å². The topological polar surface area (TPSA) is 58.2 Å². The lowest BCUT2D eigenvalue weighted by molar-refractivity contribution is 0.101. The Kier molecular flexibility index (Phi) is 5.03. The van der Waals surface area contributed by atoms with Gasteiger partial charge in [0.15, 0.2) is 0 Å². The van der Waals surface area contributed by atoms with E-state index in [0.717, 1.165) is 12.1 Å². The van der Waals surface area contributed by atoms with Crippen LogP contribution in [0.3, 0.4) is 0 Å². The zero-order valence-electron chi connectivity index (χ0n) is 13.5. The quantitative estimate of drug-likeness (QED) is 0.728. The van der Waals surface area contributed by atoms with Crippen LogP contribution in [0.25, 0.3) is 0 Å². The van der Waals surface area contributed by atoms with Crippen LogP contribution in [0.15, 0.2) is 72.8 Å². The normalized spacial score (nSPS) is 10.2. The Balaban J connectivity index is 1.66. The van der Waals surface area contributed by atoms with Crippen LogP contribution in [0.5, 0.6) is 0 Å². The molecule has 0 saturated heterocycles. The van der Waals surface area contributed by atoms with Gasteiger partial charge in [0.1, 0.15) is 11.6 Å². The van der Waals surface area contributed by atoms with Crippen LogP contribution in [0, 0.1) is 11.6 Å². The summed E-state index contributed by atoms with van der Waals surface area (Å²) < 4.78 is 26.5. The van der Waals surface area contributed by atoms with Crippen molar-refractivity contribution in [1.82, 2.24) is 0 Å². The summed E-state index contributed by atoms with van der Waals surface area (Å²) in [5.74, 6) is -2.63. The summed E-state index contributed by atoms with van der Waals surface area (Å²) in [6, 6.07) is 17.8. The van der Waals surface area contributed by atoms with Crippen molar-refractivity contribution in [1.29, 1.82) is 0 Å². The first kappa shape index (κ1) is 17.3. The van der Waals surface area contributed by atoms with Gasteiger partial charge in [-0.15, -0.1) is 0 Å². The molecule has 0 fully saturated rings. The lowest BCUT2D eigenvalue weighted by Gasteiger charge is -2.08. The standard InChI is InChI=1S/C20H14F2N2O2/c21-14-6-11-17(18(22)12-14)20(26)24-16-9-7-15(8-10-16)23-19(25)13-4-2-1-3-5-13/h1-12H,(H,23,25)(H,24,26). The van der Waals surface area contributed by atoms with Crippen molar-refractivity contribution in [2.75, 3.05) is 10.6 Å². The fraction of sp³-hybridized carbons (Fsp3) is 0. The summed E-state index contributed by atoms with van der Waals surface area (Å²) in [5.41, 5.74) is 1.23. The highest BCUT2D eigenvalue weighted by Gasteiger charge is 2.13. The van der Waals surface area contributed by atoms with E-state index >= 15 is 0 Å². The molecule has 0 saturated carbocycles. The minimum Gasteiger partial charge on any atom is -0.322 e. The third kappa shape index (κ3) is 4.10. The molecule has 0 aromatic heterocycles. The van der Waals surface area contributed by atoms with E-state index in [0.29, 0.717) is 23.0 Å². The molecular formula is C20H14F2N2O2. The number of hydrogen-bond donors (Lipinski definition) is 2. The summed E-state index contributed by atoms with van der Waals surface area (Å²) in [5, 5.41) is 5.25. The number of halogens is 2. The zero-order chi connectivity index (χ0) is 18.5. The zero-order valence-corrected chi connectivity index (χ0v) is 13.5. The van der Waals surface area contributed by atoms with Gasteiger partial charge in [0.2, 0.25) is 0 Å². The number of rotatable bonds is 4. The van der Waals surface area contributed by atoms with E-state index in [4.69, 9.17) is 0 Å². The number of hydrogen-bond acceptors (Lipinski definition) is 2. The maximum absolute atomic E-state index is 13.6. The van der Waals surface area contributed by atoms with E-state index in [1.165, 1.54) is 0 Å². The number of amides is 2. The molecule has 0 aliphatic carbocycles. The third-order valence-corrected chi connectivity index (χ3v) is 3.61. The van der Waals surface area contributed by atoms with Gasteiger partial charge in [-0.3, -0.25) is 9.59 Å². The molecule has 2 N–H and O–H groups in total. The van der Waals surface area contributed by atoms with Gasteiger partial charge in [-0.2, -0.15) is 0 Å². The number of nitrogens with one attached hydrogen (secondary N) is 2. The summed E-state index contributed by atoms with van der Waals surface area (Å²) in [6.45, 7) is 0. The predicted molar refractivity (Wildman–Crippen MR) is 95.1 cm³/mol. The van der Waals surface area contributed by atoms with Crippen molar-refractivity contribution in [2.24, 2.45) is 0 Å². The Labute approximate surface area is 148 Å². The molecule has 0 unspecified atom stereocenters. The molecule has 0 aliphatic heterocycles. The van der Waals surface area contributed by atoms with Crippen LogP contribution in [0.1, 0.15) is 20.7 Å². The molecule has 3 aromatic carbocycles. The lowest BCUT2D eigenvalue weighted by Crippen LogP contribution is -2.14. The maximum Gasteiger partial charge on any atom is 0.258 e. The van der Waals surface area contributed by atoms with Gasteiger partial charge in [-0.05, 0) is 48.5 Å². The van der Waals surface area contributed by atoms with Crippen molar-refractivity contribution >= 4 is 23.2 Å². The highest BCUT2D eigenvalue weighted by molar-refractivity contribution is 6.05. The van der Waals surface area contributed by atoms with E-state index in [9.17, 15) is 18.4 Å². The largest absolute Gasteiger partial charge is 0.322 e. The third-order valence-electron chi connectivity index (χ3n) is 3.61. The van der Waals surface area contributed by atoms with Crippen LogP contribution in [-0.2, 0) is 0 Å². The van der Waals surface area contributed by atoms with Gasteiger partial charge in [-0.25, -0.2) is 8.78 Å². The van der Waals surface area contributed by atoms with Crippen molar-refractivity contribution in [3.8, 4) is 0 Å². The Morgan fingerprint density at radius 3 is 1.85 bits per heavy atom. The van der Waals surface area contributed by atoms with Crippen LogP contribution in [0.2, 0.25) is 0 Å². The number of benzene rings is 3. The molecule has 26 heavy (non-hydrogen) atoms. The highest BCUT2D eigenvalue weighted by Crippen LogP contribution is 2.17. The van der Waals surface area contributed by atoms with Crippen LogP contribution < -0.4 is 10.6 Å². The molecule has 130 valence electrons. The molecule has 2 amide bonds. The molecule has 0 atom stereocenters. The second-order valence-corrected chi connectivity index (χ2v) is 5.48. The Bertz CT molecular complexity index is 942. The van der Waals surface area contributed by atoms with E-state index in [1.54, 1.807) is 48.5 Å². The highest BCUT2D eigenvalue weighted by atomic mass is 19.1. The van der Waals surface area contributed by atoms with Crippen molar-refractivity contribution in [2.45, 2.75) is 0 Å². The first-order chi connectivity index (χ1) is 12.5. The Morgan fingerprint density at radius 2 is 1.27 bits per heavy atom. The van der Waals surface area contributed by atoms with Crippen molar-refractivity contribution in [3.05, 3.63) is 95.6 Å². The average molecular weight is 352 g/mol. The SMILES string of the molecule is O=C(Nc1ccc(NC(=O)c2ccc(F)cc2F)cc1)c1ccccc1. The fourth-order valence-corrected chi connectivity index (χ4v) is 2.30. The molecular weight excluding hydrogens is 338 g/mol. The van der Waals surface area contributed by atoms with Crippen LogP contribution in [-0.4, -0.2) is 11.8 Å². The van der Waals surface area contributed by atoms with Crippen LogP contribution in [0.4, 0.5) is 20.2 Å². The molecule has 0 spiro atoms. The Hall–Kier alpha value is -3.54. The number of anilines is 2. The smallest absolute Gasteiger partial charge is 0.258 e. The summed E-state index contributed by atoms with van der Waals surface area (Å²) in [6.07, 6.45) is 0. The van der Waals surface area contributed by atoms with Crippen molar-refractivity contribution < 1.29 is 18.4 Å². The van der Waals surface area contributed by atoms with E-state index < -0.39 is 17.5 Å². The van der Waals surface area contributed by atoms with E-state index in [1.807, 2.05) is 6.07 Å². The number of carbonyl (C=O) groups is 2. The second-order valence-electron chi connectivity index (χ2n) is 5.48. The molecule has 0 heterocycles. The second kappa shape index (κ2) is 7.57. The van der Waals surface area contributed by atoms with Gasteiger partial charge in [-0.1, -0.05) is 18.2 Å². The minimum atomic E-state index is -0.936. The Morgan fingerprint density at radius 1 is 0.692 bits per heavy atom. The summed E-state index contributed by atoms with van der Waals surface area (Å²) in [4.78, 5) is 24.1. The molecule has 6 heteroatoms. The summed E-state index contributed by atoms with van der Waals surface area (Å²) >= 11 is 0. The van der Waals surface area contributed by atoms with Gasteiger partial charge in [0.25, 0.3) is 11.8 Å². The monoisotopic (exact) mass is 352 g/mol. The molecule has 3 rings (SSSR count). The predicted octanol–water partition coefficient (Wildman–Crippen LogP) is 4.47. The van der Waals surface area contributed by atoms with Crippen molar-refractivity contribution in [3.63, 3.8) is 0 Å². The van der Waals surface area contributed by atoms with Crippen LogP contribution >= 0.6 is 0 Å².